The first-order valence-corrected chi connectivity index (χ1v) is 5.88. The van der Waals surface area contributed by atoms with E-state index in [0.717, 1.165) is 16.6 Å². The maximum absolute atomic E-state index is 8.98. The molecule has 0 fully saturated rings. The first-order valence-electron chi connectivity index (χ1n) is 5.88. The number of pyridine rings is 1. The highest BCUT2D eigenvalue weighted by Crippen LogP contribution is 2.25. The highest BCUT2D eigenvalue weighted by Gasteiger charge is 2.08. The van der Waals surface area contributed by atoms with Crippen LogP contribution in [0.1, 0.15) is 11.4 Å². The van der Waals surface area contributed by atoms with Gasteiger partial charge < -0.3 is 0 Å². The molecular weight excluding hydrogens is 236 g/mol. The molecule has 3 aromatic rings. The van der Waals surface area contributed by atoms with Gasteiger partial charge in [-0.15, -0.1) is 0 Å². The maximum Gasteiger partial charge on any atom is 0.163 e. The van der Waals surface area contributed by atoms with Gasteiger partial charge in [-0.25, -0.2) is 15.0 Å². The number of nitriles is 1. The Balaban J connectivity index is 2.32. The van der Waals surface area contributed by atoms with Crippen molar-refractivity contribution in [2.24, 2.45) is 0 Å². The second-order valence-electron chi connectivity index (χ2n) is 4.19. The van der Waals surface area contributed by atoms with Crippen molar-refractivity contribution in [3.63, 3.8) is 0 Å². The summed E-state index contributed by atoms with van der Waals surface area (Å²) in [5.41, 5.74) is 3.01. The van der Waals surface area contributed by atoms with Crippen LogP contribution in [0.4, 0.5) is 0 Å². The lowest BCUT2D eigenvalue weighted by molar-refractivity contribution is 1.08. The predicted octanol–water partition coefficient (Wildman–Crippen LogP) is 2.87. The van der Waals surface area contributed by atoms with Crippen molar-refractivity contribution in [1.82, 2.24) is 15.0 Å². The molecule has 0 saturated carbocycles. The van der Waals surface area contributed by atoms with Crippen molar-refractivity contribution in [1.29, 1.82) is 5.26 Å². The molecule has 19 heavy (non-hydrogen) atoms. The second kappa shape index (κ2) is 4.46. The molecule has 0 radical (unpaired) electrons. The highest BCUT2D eigenvalue weighted by atomic mass is 14.9. The van der Waals surface area contributed by atoms with Gasteiger partial charge in [0.25, 0.3) is 0 Å². The van der Waals surface area contributed by atoms with Gasteiger partial charge in [-0.1, -0.05) is 12.1 Å². The predicted molar refractivity (Wildman–Crippen MR) is 72.2 cm³/mol. The van der Waals surface area contributed by atoms with Gasteiger partial charge in [-0.3, -0.25) is 0 Å². The van der Waals surface area contributed by atoms with Crippen molar-refractivity contribution in [2.45, 2.75) is 6.92 Å². The molecule has 3 rings (SSSR count). The molecule has 1 aromatic carbocycles. The lowest BCUT2D eigenvalue weighted by atomic mass is 10.1. The molecule has 0 amide bonds. The van der Waals surface area contributed by atoms with Crippen LogP contribution in [-0.4, -0.2) is 15.0 Å². The molecule has 0 N–H and O–H groups in total. The highest BCUT2D eigenvalue weighted by molar-refractivity contribution is 5.90. The van der Waals surface area contributed by atoms with Gasteiger partial charge in [0.05, 0.1) is 17.3 Å². The summed E-state index contributed by atoms with van der Waals surface area (Å²) in [6.07, 6.45) is 1.71. The molecular formula is C15H10N4. The van der Waals surface area contributed by atoms with Crippen LogP contribution in [0.25, 0.3) is 22.3 Å². The molecule has 0 unspecified atom stereocenters. The van der Waals surface area contributed by atoms with E-state index in [2.05, 4.69) is 21.0 Å². The summed E-state index contributed by atoms with van der Waals surface area (Å²) >= 11 is 0. The number of fused-ring (bicyclic) bond motifs is 1. The zero-order valence-electron chi connectivity index (χ0n) is 10.3. The summed E-state index contributed by atoms with van der Waals surface area (Å²) in [5, 5.41) is 9.87. The number of hydrogen-bond acceptors (Lipinski definition) is 4. The van der Waals surface area contributed by atoms with Crippen LogP contribution in [0.5, 0.6) is 0 Å². The van der Waals surface area contributed by atoms with Crippen molar-refractivity contribution in [3.05, 3.63) is 54.0 Å². The summed E-state index contributed by atoms with van der Waals surface area (Å²) in [6, 6.07) is 13.3. The lowest BCUT2D eigenvalue weighted by Gasteiger charge is -2.06. The van der Waals surface area contributed by atoms with E-state index in [0.29, 0.717) is 17.0 Å². The third-order valence-corrected chi connectivity index (χ3v) is 2.85. The SMILES string of the molecule is Cc1nc(-c2cccc(C#N)c2)c2cccnc2n1. The van der Waals surface area contributed by atoms with Crippen LogP contribution in [0.3, 0.4) is 0 Å². The van der Waals surface area contributed by atoms with Gasteiger partial charge in [-0.2, -0.15) is 5.26 Å². The Kier molecular flexibility index (Phi) is 2.66. The van der Waals surface area contributed by atoms with E-state index in [9.17, 15) is 0 Å². The monoisotopic (exact) mass is 246 g/mol. The van der Waals surface area contributed by atoms with E-state index in [1.165, 1.54) is 0 Å². The van der Waals surface area contributed by atoms with Crippen molar-refractivity contribution < 1.29 is 0 Å². The van der Waals surface area contributed by atoms with Crippen molar-refractivity contribution in [3.8, 4) is 17.3 Å². The maximum atomic E-state index is 8.98. The fourth-order valence-corrected chi connectivity index (χ4v) is 2.03. The van der Waals surface area contributed by atoms with Gasteiger partial charge >= 0.3 is 0 Å². The Morgan fingerprint density at radius 2 is 2.00 bits per heavy atom. The fraction of sp³-hybridized carbons (Fsp3) is 0.0667. The Morgan fingerprint density at radius 3 is 2.84 bits per heavy atom. The van der Waals surface area contributed by atoms with E-state index in [1.54, 1.807) is 12.3 Å². The minimum Gasteiger partial charge on any atom is -0.237 e. The summed E-state index contributed by atoms with van der Waals surface area (Å²) < 4.78 is 0. The van der Waals surface area contributed by atoms with Crippen LogP contribution in [0.15, 0.2) is 42.6 Å². The molecule has 0 aliphatic rings. The number of benzene rings is 1. The van der Waals surface area contributed by atoms with E-state index in [1.807, 2.05) is 37.3 Å². The summed E-state index contributed by atoms with van der Waals surface area (Å²) in [7, 11) is 0. The van der Waals surface area contributed by atoms with Crippen LogP contribution in [-0.2, 0) is 0 Å². The molecule has 0 atom stereocenters. The number of aryl methyl sites for hydroxylation is 1. The molecule has 2 aromatic heterocycles. The summed E-state index contributed by atoms with van der Waals surface area (Å²) in [6.45, 7) is 1.84. The molecule has 4 heteroatoms. The average Bonchev–Trinajstić information content (AvgIpc) is 2.46. The van der Waals surface area contributed by atoms with Crippen LogP contribution >= 0.6 is 0 Å². The summed E-state index contributed by atoms with van der Waals surface area (Å²) in [4.78, 5) is 13.1. The van der Waals surface area contributed by atoms with E-state index >= 15 is 0 Å². The number of nitrogens with zero attached hydrogens (tertiary/aromatic N) is 4. The third-order valence-electron chi connectivity index (χ3n) is 2.85. The largest absolute Gasteiger partial charge is 0.237 e. The molecule has 0 saturated heterocycles. The van der Waals surface area contributed by atoms with Gasteiger partial charge in [0.2, 0.25) is 0 Å². The molecule has 0 aliphatic carbocycles. The molecule has 0 spiro atoms. The fourth-order valence-electron chi connectivity index (χ4n) is 2.03. The number of hydrogen-bond donors (Lipinski definition) is 0. The van der Waals surface area contributed by atoms with Gasteiger partial charge in [0, 0.05) is 17.1 Å². The Bertz CT molecular complexity index is 803. The van der Waals surface area contributed by atoms with Crippen LogP contribution < -0.4 is 0 Å². The second-order valence-corrected chi connectivity index (χ2v) is 4.19. The number of aromatic nitrogens is 3. The third kappa shape index (κ3) is 2.02. The smallest absolute Gasteiger partial charge is 0.163 e. The molecule has 2 heterocycles. The van der Waals surface area contributed by atoms with E-state index < -0.39 is 0 Å². The first kappa shape index (κ1) is 11.3. The topological polar surface area (TPSA) is 62.5 Å². The average molecular weight is 246 g/mol. The van der Waals surface area contributed by atoms with Crippen molar-refractivity contribution in [2.75, 3.05) is 0 Å². The summed E-state index contributed by atoms with van der Waals surface area (Å²) in [5.74, 6) is 0.670. The minimum atomic E-state index is 0.616. The zero-order chi connectivity index (χ0) is 13.2. The van der Waals surface area contributed by atoms with Gasteiger partial charge in [0.15, 0.2) is 5.65 Å². The Labute approximate surface area is 110 Å². The standard InChI is InChI=1S/C15H10N4/c1-10-18-14(12-5-2-4-11(8-12)9-16)13-6-3-7-17-15(13)19-10/h2-8H,1H3. The Hall–Kier alpha value is -2.80. The van der Waals surface area contributed by atoms with Crippen molar-refractivity contribution >= 4 is 11.0 Å². The van der Waals surface area contributed by atoms with Gasteiger partial charge in [0.1, 0.15) is 5.82 Å². The molecule has 4 nitrogen and oxygen atoms in total. The molecule has 0 aliphatic heterocycles. The minimum absolute atomic E-state index is 0.616. The quantitative estimate of drug-likeness (QED) is 0.662. The van der Waals surface area contributed by atoms with E-state index in [-0.39, 0.29) is 0 Å². The molecule has 0 bridgehead atoms. The van der Waals surface area contributed by atoms with Gasteiger partial charge in [-0.05, 0) is 31.2 Å². The van der Waals surface area contributed by atoms with Crippen LogP contribution in [0.2, 0.25) is 0 Å². The number of rotatable bonds is 1. The normalized spacial score (nSPS) is 10.3. The first-order chi connectivity index (χ1) is 9.28. The zero-order valence-corrected chi connectivity index (χ0v) is 10.3. The van der Waals surface area contributed by atoms with Crippen LogP contribution in [0, 0.1) is 18.3 Å². The van der Waals surface area contributed by atoms with E-state index in [4.69, 9.17) is 5.26 Å². The Morgan fingerprint density at radius 1 is 1.11 bits per heavy atom. The molecule has 90 valence electrons. The lowest BCUT2D eigenvalue weighted by Crippen LogP contribution is -1.95.